The molecule has 4 rings (SSSR count). The first-order valence-corrected chi connectivity index (χ1v) is 7.90. The van der Waals surface area contributed by atoms with Crippen molar-refractivity contribution in [1.29, 1.82) is 0 Å². The Morgan fingerprint density at radius 2 is 2.00 bits per heavy atom. The van der Waals surface area contributed by atoms with Gasteiger partial charge in [0.15, 0.2) is 5.82 Å². The van der Waals surface area contributed by atoms with Gasteiger partial charge in [0.2, 0.25) is 0 Å². The normalized spacial score (nSPS) is 18.3. The van der Waals surface area contributed by atoms with Gasteiger partial charge in [0.05, 0.1) is 12.3 Å². The average molecular weight is 306 g/mol. The van der Waals surface area contributed by atoms with E-state index in [1.54, 1.807) is 12.5 Å². The van der Waals surface area contributed by atoms with Gasteiger partial charge in [-0.2, -0.15) is 0 Å². The third-order valence-electron chi connectivity index (χ3n) is 4.22. The highest BCUT2D eigenvalue weighted by Gasteiger charge is 2.27. The van der Waals surface area contributed by atoms with Crippen LogP contribution in [0.5, 0.6) is 0 Å². The lowest BCUT2D eigenvalue weighted by atomic mass is 10.1. The number of hydrogen-bond acceptors (Lipinski definition) is 5. The quantitative estimate of drug-likeness (QED) is 0.738. The molecule has 0 N–H and O–H groups in total. The van der Waals surface area contributed by atoms with E-state index in [2.05, 4.69) is 25.9 Å². The molecule has 0 aromatic carbocycles. The van der Waals surface area contributed by atoms with E-state index in [1.165, 1.54) is 6.42 Å². The molecular formula is C18H18N4O. The van der Waals surface area contributed by atoms with E-state index >= 15 is 0 Å². The maximum Gasteiger partial charge on any atom is 0.178 e. The summed E-state index contributed by atoms with van der Waals surface area (Å²) in [4.78, 5) is 15.6. The molecule has 5 nitrogen and oxygen atoms in total. The van der Waals surface area contributed by atoms with Gasteiger partial charge in [0, 0.05) is 30.7 Å². The Morgan fingerprint density at radius 1 is 1.09 bits per heavy atom. The monoisotopic (exact) mass is 306 g/mol. The summed E-state index contributed by atoms with van der Waals surface area (Å²) in [7, 11) is 0. The molecule has 0 saturated carbocycles. The van der Waals surface area contributed by atoms with Crippen molar-refractivity contribution in [2.75, 3.05) is 6.54 Å². The van der Waals surface area contributed by atoms with Crippen molar-refractivity contribution in [2.24, 2.45) is 0 Å². The van der Waals surface area contributed by atoms with Gasteiger partial charge < -0.3 is 4.42 Å². The van der Waals surface area contributed by atoms with Gasteiger partial charge in [-0.15, -0.1) is 0 Å². The predicted molar refractivity (Wildman–Crippen MR) is 86.4 cm³/mol. The maximum atomic E-state index is 5.58. The average Bonchev–Trinajstić information content (AvgIpc) is 3.27. The molecule has 0 amide bonds. The molecule has 0 spiro atoms. The summed E-state index contributed by atoms with van der Waals surface area (Å²) in [5.74, 6) is 1.71. The van der Waals surface area contributed by atoms with E-state index in [1.807, 2.05) is 36.7 Å². The Bertz CT molecular complexity index is 740. The molecule has 4 heterocycles. The lowest BCUT2D eigenvalue weighted by Gasteiger charge is -2.22. The molecule has 116 valence electrons. The summed E-state index contributed by atoms with van der Waals surface area (Å²) < 4.78 is 5.58. The van der Waals surface area contributed by atoms with Crippen LogP contribution in [0.2, 0.25) is 0 Å². The molecule has 1 aliphatic rings. The van der Waals surface area contributed by atoms with Crippen LogP contribution in [0.3, 0.4) is 0 Å². The second kappa shape index (κ2) is 6.30. The highest BCUT2D eigenvalue weighted by Crippen LogP contribution is 2.33. The number of nitrogens with zero attached hydrogens (tertiary/aromatic N) is 4. The van der Waals surface area contributed by atoms with Crippen molar-refractivity contribution in [3.05, 3.63) is 66.5 Å². The smallest absolute Gasteiger partial charge is 0.178 e. The minimum atomic E-state index is 0.362. The summed E-state index contributed by atoms with van der Waals surface area (Å²) in [5, 5.41) is 0. The van der Waals surface area contributed by atoms with Crippen molar-refractivity contribution < 1.29 is 4.42 Å². The van der Waals surface area contributed by atoms with E-state index < -0.39 is 0 Å². The fourth-order valence-electron chi connectivity index (χ4n) is 3.12. The first kappa shape index (κ1) is 14.1. The van der Waals surface area contributed by atoms with Gasteiger partial charge in [-0.1, -0.05) is 6.07 Å². The number of furan rings is 1. The molecule has 23 heavy (non-hydrogen) atoms. The van der Waals surface area contributed by atoms with Crippen molar-refractivity contribution in [3.63, 3.8) is 0 Å². The lowest BCUT2D eigenvalue weighted by Crippen LogP contribution is -2.22. The first-order chi connectivity index (χ1) is 11.4. The number of rotatable bonds is 4. The Kier molecular flexibility index (Phi) is 3.86. The zero-order chi connectivity index (χ0) is 15.5. The topological polar surface area (TPSA) is 55.1 Å². The second-order valence-corrected chi connectivity index (χ2v) is 5.77. The maximum absolute atomic E-state index is 5.58. The Labute approximate surface area is 135 Å². The summed E-state index contributed by atoms with van der Waals surface area (Å²) >= 11 is 0. The molecule has 5 heteroatoms. The van der Waals surface area contributed by atoms with Crippen molar-refractivity contribution in [3.8, 4) is 11.5 Å². The summed E-state index contributed by atoms with van der Waals surface area (Å²) in [6.07, 6.45) is 9.63. The molecule has 1 atom stereocenters. The molecule has 1 saturated heterocycles. The van der Waals surface area contributed by atoms with E-state index in [-0.39, 0.29) is 0 Å². The van der Waals surface area contributed by atoms with Crippen molar-refractivity contribution in [1.82, 2.24) is 19.9 Å². The largest absolute Gasteiger partial charge is 0.468 e. The fraction of sp³-hybridized carbons (Fsp3) is 0.278. The van der Waals surface area contributed by atoms with Gasteiger partial charge in [0.25, 0.3) is 0 Å². The Morgan fingerprint density at radius 3 is 2.74 bits per heavy atom. The zero-order valence-electron chi connectivity index (χ0n) is 12.8. The van der Waals surface area contributed by atoms with Crippen LogP contribution in [0, 0.1) is 0 Å². The summed E-state index contributed by atoms with van der Waals surface area (Å²) in [6.45, 7) is 1.92. The molecule has 0 bridgehead atoms. The molecule has 0 aliphatic carbocycles. The van der Waals surface area contributed by atoms with E-state index in [4.69, 9.17) is 4.42 Å². The van der Waals surface area contributed by atoms with Crippen molar-refractivity contribution in [2.45, 2.75) is 25.4 Å². The molecule has 1 unspecified atom stereocenters. The Hall–Kier alpha value is -2.53. The van der Waals surface area contributed by atoms with E-state index in [0.717, 1.165) is 36.5 Å². The molecular weight excluding hydrogens is 288 g/mol. The van der Waals surface area contributed by atoms with Crippen LogP contribution in [0.25, 0.3) is 11.5 Å². The molecule has 1 fully saturated rings. The van der Waals surface area contributed by atoms with Crippen LogP contribution in [-0.2, 0) is 6.54 Å². The number of hydrogen-bond donors (Lipinski definition) is 0. The third kappa shape index (κ3) is 3.00. The summed E-state index contributed by atoms with van der Waals surface area (Å²) in [5.41, 5.74) is 1.91. The minimum Gasteiger partial charge on any atom is -0.468 e. The van der Waals surface area contributed by atoms with Crippen LogP contribution in [0.1, 0.15) is 30.2 Å². The van der Waals surface area contributed by atoms with Crippen LogP contribution in [0.15, 0.2) is 59.6 Å². The highest BCUT2D eigenvalue weighted by atomic mass is 16.3. The van der Waals surface area contributed by atoms with E-state index in [9.17, 15) is 0 Å². The second-order valence-electron chi connectivity index (χ2n) is 5.77. The van der Waals surface area contributed by atoms with Crippen LogP contribution < -0.4 is 0 Å². The number of pyridine rings is 1. The number of likely N-dealkylation sites (tertiary alicyclic amines) is 1. The predicted octanol–water partition coefficient (Wildman–Crippen LogP) is 3.47. The standard InChI is InChI=1S/C18H18N4O/c1-2-8-19-15(5-1)18-20-11-14(12-21-18)13-22-9-3-6-16(22)17-7-4-10-23-17/h1-2,4-5,7-8,10-12,16H,3,6,9,13H2. The highest BCUT2D eigenvalue weighted by molar-refractivity contribution is 5.47. The third-order valence-corrected chi connectivity index (χ3v) is 4.22. The van der Waals surface area contributed by atoms with Gasteiger partial charge in [-0.05, 0) is 43.7 Å². The van der Waals surface area contributed by atoms with Crippen LogP contribution in [0.4, 0.5) is 0 Å². The summed E-state index contributed by atoms with van der Waals surface area (Å²) in [6, 6.07) is 10.1. The molecule has 3 aromatic rings. The van der Waals surface area contributed by atoms with Gasteiger partial charge >= 0.3 is 0 Å². The molecule has 0 radical (unpaired) electrons. The SMILES string of the molecule is c1ccc(-c2ncc(CN3CCCC3c3ccco3)cn2)nc1. The first-order valence-electron chi connectivity index (χ1n) is 7.90. The zero-order valence-corrected chi connectivity index (χ0v) is 12.8. The minimum absolute atomic E-state index is 0.362. The fourth-order valence-corrected chi connectivity index (χ4v) is 3.12. The molecule has 1 aliphatic heterocycles. The molecule has 3 aromatic heterocycles. The van der Waals surface area contributed by atoms with Crippen LogP contribution in [-0.4, -0.2) is 26.4 Å². The van der Waals surface area contributed by atoms with Gasteiger partial charge in [0.1, 0.15) is 11.5 Å². The number of aromatic nitrogens is 3. The Balaban J connectivity index is 1.49. The van der Waals surface area contributed by atoms with Crippen molar-refractivity contribution >= 4 is 0 Å². The lowest BCUT2D eigenvalue weighted by molar-refractivity contribution is 0.220. The van der Waals surface area contributed by atoms with Gasteiger partial charge in [-0.25, -0.2) is 9.97 Å². The van der Waals surface area contributed by atoms with Gasteiger partial charge in [-0.3, -0.25) is 9.88 Å². The van der Waals surface area contributed by atoms with E-state index in [0.29, 0.717) is 11.9 Å². The van der Waals surface area contributed by atoms with Crippen LogP contribution >= 0.6 is 0 Å².